The number of benzene rings is 2. The van der Waals surface area contributed by atoms with Gasteiger partial charge in [-0.15, -0.1) is 0 Å². The number of hydrogen-bond acceptors (Lipinski definition) is 6. The van der Waals surface area contributed by atoms with E-state index in [4.69, 9.17) is 19.4 Å². The number of pyridine rings is 1. The fourth-order valence-electron chi connectivity index (χ4n) is 6.43. The molecule has 7 rings (SSSR count). The molecule has 2 atom stereocenters. The Bertz CT molecular complexity index is 1540. The highest BCUT2D eigenvalue weighted by Crippen LogP contribution is 2.70. The van der Waals surface area contributed by atoms with Gasteiger partial charge in [0.05, 0.1) is 39.0 Å². The molecular formula is C27H24N4O3. The van der Waals surface area contributed by atoms with Crippen molar-refractivity contribution in [3.63, 3.8) is 0 Å². The third-order valence-corrected chi connectivity index (χ3v) is 8.80. The number of fused-ring (bicyclic) bond motifs is 8. The van der Waals surface area contributed by atoms with Gasteiger partial charge >= 0.3 is 0 Å². The van der Waals surface area contributed by atoms with Crippen LogP contribution in [0.25, 0.3) is 21.9 Å². The number of aromatic nitrogens is 3. The number of para-hydroxylation sites is 1. The third kappa shape index (κ3) is 2.18. The molecule has 2 aromatic carbocycles. The van der Waals surface area contributed by atoms with Crippen molar-refractivity contribution in [2.45, 2.75) is 44.4 Å². The maximum absolute atomic E-state index is 14.2. The topological polar surface area (TPSA) is 86.2 Å². The van der Waals surface area contributed by atoms with Crippen LogP contribution in [-0.2, 0) is 15.6 Å². The van der Waals surface area contributed by atoms with E-state index in [-0.39, 0.29) is 23.5 Å². The molecule has 3 aliphatic rings. The first kappa shape index (κ1) is 19.7. The third-order valence-electron chi connectivity index (χ3n) is 8.80. The number of rotatable bonds is 2. The molecule has 1 aliphatic heterocycles. The second-order valence-corrected chi connectivity index (χ2v) is 10.3. The molecule has 1 fully saturated rings. The number of hydrogen-bond donors (Lipinski definition) is 1. The van der Waals surface area contributed by atoms with Gasteiger partial charge < -0.3 is 14.8 Å². The molecule has 7 heteroatoms. The van der Waals surface area contributed by atoms with Gasteiger partial charge in [-0.3, -0.25) is 9.78 Å². The Morgan fingerprint density at radius 2 is 1.65 bits per heavy atom. The molecular weight excluding hydrogens is 428 g/mol. The molecule has 170 valence electrons. The van der Waals surface area contributed by atoms with Crippen LogP contribution in [0.3, 0.4) is 0 Å². The van der Waals surface area contributed by atoms with Crippen molar-refractivity contribution in [3.05, 3.63) is 60.0 Å². The summed E-state index contributed by atoms with van der Waals surface area (Å²) in [6, 6.07) is 13.5. The van der Waals surface area contributed by atoms with E-state index in [9.17, 15) is 4.79 Å². The lowest BCUT2D eigenvalue weighted by atomic mass is 9.63. The fraction of sp³-hybridized carbons (Fsp3) is 0.333. The molecule has 2 aliphatic carbocycles. The van der Waals surface area contributed by atoms with Gasteiger partial charge in [0, 0.05) is 29.1 Å². The monoisotopic (exact) mass is 452 g/mol. The van der Waals surface area contributed by atoms with E-state index in [2.05, 4.69) is 31.1 Å². The van der Waals surface area contributed by atoms with Crippen LogP contribution in [0.1, 0.15) is 45.0 Å². The summed E-state index contributed by atoms with van der Waals surface area (Å²) in [7, 11) is 0. The van der Waals surface area contributed by atoms with Crippen molar-refractivity contribution in [1.29, 1.82) is 0 Å². The van der Waals surface area contributed by atoms with Crippen LogP contribution >= 0.6 is 0 Å². The van der Waals surface area contributed by atoms with Crippen molar-refractivity contribution in [3.8, 4) is 11.5 Å². The lowest BCUT2D eigenvalue weighted by Crippen LogP contribution is -2.48. The molecule has 1 N–H and O–H groups in total. The maximum Gasteiger partial charge on any atom is 0.237 e. The molecule has 3 heterocycles. The SMILES string of the molecule is CC12CCC(C(=O)Nc3cccc4cccnc34)(c3nc4cc5c(cc4nc31)OCO5)C2(C)C. The second kappa shape index (κ2) is 6.23. The van der Waals surface area contributed by atoms with Crippen molar-refractivity contribution < 1.29 is 14.3 Å². The summed E-state index contributed by atoms with van der Waals surface area (Å²) in [4.78, 5) is 28.9. The van der Waals surface area contributed by atoms with E-state index in [0.29, 0.717) is 22.7 Å². The van der Waals surface area contributed by atoms with E-state index in [1.165, 1.54) is 0 Å². The van der Waals surface area contributed by atoms with Gasteiger partial charge in [-0.1, -0.05) is 39.0 Å². The lowest BCUT2D eigenvalue weighted by molar-refractivity contribution is -0.125. The van der Waals surface area contributed by atoms with Crippen LogP contribution in [0.5, 0.6) is 11.5 Å². The molecule has 4 aromatic rings. The Hall–Kier alpha value is -3.74. The highest BCUT2D eigenvalue weighted by atomic mass is 16.7. The predicted octanol–water partition coefficient (Wildman–Crippen LogP) is 4.87. The Kier molecular flexibility index (Phi) is 3.61. The second-order valence-electron chi connectivity index (χ2n) is 10.3. The number of anilines is 1. The van der Waals surface area contributed by atoms with Crippen LogP contribution in [0, 0.1) is 5.41 Å². The quantitative estimate of drug-likeness (QED) is 0.467. The summed E-state index contributed by atoms with van der Waals surface area (Å²) in [6.45, 7) is 6.78. The van der Waals surface area contributed by atoms with Crippen molar-refractivity contribution in [2.24, 2.45) is 5.41 Å². The Labute approximate surface area is 196 Å². The summed E-state index contributed by atoms with van der Waals surface area (Å²) in [5.41, 5.74) is 3.23. The normalized spacial score (nSPS) is 25.6. The van der Waals surface area contributed by atoms with Gasteiger partial charge in [0.2, 0.25) is 12.7 Å². The molecule has 2 unspecified atom stereocenters. The van der Waals surface area contributed by atoms with Crippen molar-refractivity contribution >= 4 is 33.5 Å². The number of amides is 1. The number of carbonyl (C=O) groups excluding carboxylic acids is 1. The molecule has 0 radical (unpaired) electrons. The summed E-state index contributed by atoms with van der Waals surface area (Å²) >= 11 is 0. The van der Waals surface area contributed by atoms with Gasteiger partial charge in [-0.25, -0.2) is 9.97 Å². The van der Waals surface area contributed by atoms with E-state index in [0.717, 1.165) is 40.6 Å². The first-order valence-corrected chi connectivity index (χ1v) is 11.6. The van der Waals surface area contributed by atoms with Gasteiger partial charge in [0.15, 0.2) is 11.5 Å². The minimum atomic E-state index is -0.800. The van der Waals surface area contributed by atoms with Gasteiger partial charge in [0.1, 0.15) is 0 Å². The fourth-order valence-corrected chi connectivity index (χ4v) is 6.43. The van der Waals surface area contributed by atoms with E-state index in [1.54, 1.807) is 6.20 Å². The minimum Gasteiger partial charge on any atom is -0.454 e. The Morgan fingerprint density at radius 3 is 2.41 bits per heavy atom. The van der Waals surface area contributed by atoms with Crippen molar-refractivity contribution in [1.82, 2.24) is 15.0 Å². The van der Waals surface area contributed by atoms with Crippen LogP contribution in [-0.4, -0.2) is 27.7 Å². The minimum absolute atomic E-state index is 0.0486. The zero-order chi connectivity index (χ0) is 23.3. The molecule has 34 heavy (non-hydrogen) atoms. The molecule has 7 nitrogen and oxygen atoms in total. The zero-order valence-corrected chi connectivity index (χ0v) is 19.3. The number of carbonyl (C=O) groups is 1. The van der Waals surface area contributed by atoms with Crippen LogP contribution < -0.4 is 14.8 Å². The molecule has 0 saturated heterocycles. The highest BCUT2D eigenvalue weighted by molar-refractivity contribution is 6.06. The number of nitrogens with zero attached hydrogens (tertiary/aromatic N) is 3. The predicted molar refractivity (Wildman–Crippen MR) is 128 cm³/mol. The number of ether oxygens (including phenoxy) is 2. The molecule has 2 aromatic heterocycles. The van der Waals surface area contributed by atoms with E-state index >= 15 is 0 Å². The van der Waals surface area contributed by atoms with E-state index in [1.807, 2.05) is 42.5 Å². The molecule has 0 spiro atoms. The maximum atomic E-state index is 14.2. The van der Waals surface area contributed by atoms with Gasteiger partial charge in [0.25, 0.3) is 0 Å². The Morgan fingerprint density at radius 1 is 0.941 bits per heavy atom. The van der Waals surface area contributed by atoms with Crippen molar-refractivity contribution in [2.75, 3.05) is 12.1 Å². The molecule has 1 amide bonds. The van der Waals surface area contributed by atoms with Crippen LogP contribution in [0.15, 0.2) is 48.7 Å². The standard InChI is InChI=1S/C27H24N4O3/c1-25(2)26(3)9-10-27(25,24(32)31-16-8-4-6-15-7-5-11-28-21(15)16)23-22(26)29-17-12-19-20(34-14-33-19)13-18(17)30-23/h4-8,11-13H,9-10,14H2,1-3H3,(H,31,32). The summed E-state index contributed by atoms with van der Waals surface area (Å²) in [5.74, 6) is 1.30. The largest absolute Gasteiger partial charge is 0.454 e. The average Bonchev–Trinajstić information content (AvgIpc) is 3.41. The Balaban J connectivity index is 1.41. The van der Waals surface area contributed by atoms with E-state index < -0.39 is 5.41 Å². The van der Waals surface area contributed by atoms with Gasteiger partial charge in [-0.05, 0) is 30.4 Å². The summed E-state index contributed by atoms with van der Waals surface area (Å²) in [6.07, 6.45) is 3.34. The highest BCUT2D eigenvalue weighted by Gasteiger charge is 2.73. The number of nitrogens with one attached hydrogen (secondary N) is 1. The van der Waals surface area contributed by atoms with Crippen LogP contribution in [0.4, 0.5) is 5.69 Å². The molecule has 1 saturated carbocycles. The smallest absolute Gasteiger partial charge is 0.237 e. The zero-order valence-electron chi connectivity index (χ0n) is 19.3. The summed E-state index contributed by atoms with van der Waals surface area (Å²) < 4.78 is 11.1. The lowest BCUT2D eigenvalue weighted by Gasteiger charge is -2.39. The first-order chi connectivity index (χ1) is 16.3. The average molecular weight is 453 g/mol. The van der Waals surface area contributed by atoms with Crippen LogP contribution in [0.2, 0.25) is 0 Å². The summed E-state index contributed by atoms with van der Waals surface area (Å²) in [5, 5.41) is 4.22. The molecule has 2 bridgehead atoms. The van der Waals surface area contributed by atoms with Gasteiger partial charge in [-0.2, -0.15) is 0 Å². The first-order valence-electron chi connectivity index (χ1n) is 11.6.